The highest BCUT2D eigenvalue weighted by Crippen LogP contribution is 2.40. The van der Waals surface area contributed by atoms with Crippen LogP contribution in [0, 0.1) is 5.92 Å². The normalized spacial score (nSPS) is 15.7. The molecule has 4 heteroatoms. The van der Waals surface area contributed by atoms with Gasteiger partial charge in [-0.1, -0.05) is 6.92 Å². The van der Waals surface area contributed by atoms with Gasteiger partial charge in [-0.2, -0.15) is 0 Å². The highest BCUT2D eigenvalue weighted by molar-refractivity contribution is 5.43. The lowest BCUT2D eigenvalue weighted by atomic mass is 9.99. The molecule has 2 rings (SSSR count). The van der Waals surface area contributed by atoms with E-state index in [1.54, 1.807) is 12.4 Å². The first-order valence-electron chi connectivity index (χ1n) is 6.46. The minimum Gasteiger partial charge on any atom is -0.369 e. The van der Waals surface area contributed by atoms with Gasteiger partial charge in [0.1, 0.15) is 11.6 Å². The second kappa shape index (κ2) is 4.90. The maximum Gasteiger partial charge on any atom is 0.147 e. The third-order valence-electron chi connectivity index (χ3n) is 3.24. The zero-order valence-electron chi connectivity index (χ0n) is 11.0. The molecule has 0 atom stereocenters. The van der Waals surface area contributed by atoms with Crippen molar-refractivity contribution in [2.75, 3.05) is 17.2 Å². The molecule has 0 amide bonds. The Labute approximate surface area is 103 Å². The Bertz CT molecular complexity index is 371. The summed E-state index contributed by atoms with van der Waals surface area (Å²) >= 11 is 0. The predicted molar refractivity (Wildman–Crippen MR) is 71.2 cm³/mol. The van der Waals surface area contributed by atoms with Crippen molar-refractivity contribution in [1.82, 2.24) is 9.97 Å². The Balaban J connectivity index is 2.00. The van der Waals surface area contributed by atoms with Crippen LogP contribution in [-0.2, 0) is 0 Å². The maximum atomic E-state index is 4.52. The lowest BCUT2D eigenvalue weighted by Gasteiger charge is -2.26. The second-order valence-electron chi connectivity index (χ2n) is 5.34. The van der Waals surface area contributed by atoms with Gasteiger partial charge < -0.3 is 10.6 Å². The molecule has 1 aromatic rings. The topological polar surface area (TPSA) is 49.8 Å². The highest BCUT2D eigenvalue weighted by Gasteiger charge is 2.37. The Hall–Kier alpha value is -1.32. The molecule has 17 heavy (non-hydrogen) atoms. The average molecular weight is 234 g/mol. The molecule has 1 saturated carbocycles. The van der Waals surface area contributed by atoms with Crippen LogP contribution < -0.4 is 10.6 Å². The Kier molecular flexibility index (Phi) is 3.50. The first-order valence-corrected chi connectivity index (χ1v) is 6.46. The Morgan fingerprint density at radius 1 is 1.29 bits per heavy atom. The molecule has 1 heterocycles. The monoisotopic (exact) mass is 234 g/mol. The van der Waals surface area contributed by atoms with Crippen LogP contribution in [0.3, 0.4) is 0 Å². The third-order valence-corrected chi connectivity index (χ3v) is 3.24. The number of aromatic nitrogens is 2. The van der Waals surface area contributed by atoms with Crippen molar-refractivity contribution in [2.45, 2.75) is 45.6 Å². The quantitative estimate of drug-likeness (QED) is 0.794. The van der Waals surface area contributed by atoms with E-state index in [0.29, 0.717) is 0 Å². The first-order chi connectivity index (χ1) is 8.12. The summed E-state index contributed by atoms with van der Waals surface area (Å²) in [6.07, 6.45) is 7.29. The molecule has 0 bridgehead atoms. The molecular weight excluding hydrogens is 212 g/mol. The molecule has 0 unspecified atom stereocenters. The number of rotatable bonds is 6. The molecule has 1 aliphatic rings. The van der Waals surface area contributed by atoms with E-state index >= 15 is 0 Å². The fourth-order valence-corrected chi connectivity index (χ4v) is 2.00. The Morgan fingerprint density at radius 2 is 2.00 bits per heavy atom. The molecule has 94 valence electrons. The van der Waals surface area contributed by atoms with Crippen molar-refractivity contribution >= 4 is 11.6 Å². The van der Waals surface area contributed by atoms with E-state index in [1.165, 1.54) is 12.8 Å². The van der Waals surface area contributed by atoms with Crippen molar-refractivity contribution in [3.8, 4) is 0 Å². The summed E-state index contributed by atoms with van der Waals surface area (Å²) in [5.74, 6) is 2.49. The van der Waals surface area contributed by atoms with Gasteiger partial charge in [0.05, 0.1) is 12.4 Å². The molecular formula is C13H22N4. The summed E-state index contributed by atoms with van der Waals surface area (Å²) in [6, 6.07) is 0. The van der Waals surface area contributed by atoms with Crippen LogP contribution in [0.5, 0.6) is 0 Å². The molecule has 0 saturated heterocycles. The molecule has 1 aromatic heterocycles. The van der Waals surface area contributed by atoms with Crippen molar-refractivity contribution < 1.29 is 0 Å². The van der Waals surface area contributed by atoms with Gasteiger partial charge in [-0.25, -0.2) is 4.98 Å². The summed E-state index contributed by atoms with van der Waals surface area (Å²) in [6.45, 7) is 7.54. The van der Waals surface area contributed by atoms with Crippen LogP contribution >= 0.6 is 0 Å². The van der Waals surface area contributed by atoms with E-state index in [2.05, 4.69) is 41.4 Å². The maximum absolute atomic E-state index is 4.52. The van der Waals surface area contributed by atoms with Crippen LogP contribution in [0.15, 0.2) is 12.4 Å². The zero-order valence-corrected chi connectivity index (χ0v) is 11.0. The SMILES string of the molecule is CCCNc1cncc(NC(C)(C)C2CC2)n1. The van der Waals surface area contributed by atoms with E-state index in [-0.39, 0.29) is 5.54 Å². The Morgan fingerprint density at radius 3 is 2.65 bits per heavy atom. The number of nitrogens with one attached hydrogen (secondary N) is 2. The molecule has 0 radical (unpaired) electrons. The highest BCUT2D eigenvalue weighted by atomic mass is 15.1. The largest absolute Gasteiger partial charge is 0.369 e. The minimum absolute atomic E-state index is 0.123. The summed E-state index contributed by atoms with van der Waals surface area (Å²) in [5.41, 5.74) is 0.123. The lowest BCUT2D eigenvalue weighted by molar-refractivity contribution is 0.492. The van der Waals surface area contributed by atoms with E-state index in [4.69, 9.17) is 0 Å². The van der Waals surface area contributed by atoms with Crippen LogP contribution in [-0.4, -0.2) is 22.1 Å². The van der Waals surface area contributed by atoms with Crippen molar-refractivity contribution in [3.63, 3.8) is 0 Å². The van der Waals surface area contributed by atoms with Gasteiger partial charge >= 0.3 is 0 Å². The van der Waals surface area contributed by atoms with Crippen LogP contribution in [0.25, 0.3) is 0 Å². The van der Waals surface area contributed by atoms with Gasteiger partial charge in [0.2, 0.25) is 0 Å². The van der Waals surface area contributed by atoms with Crippen molar-refractivity contribution in [1.29, 1.82) is 0 Å². The second-order valence-corrected chi connectivity index (χ2v) is 5.34. The number of hydrogen-bond donors (Lipinski definition) is 2. The molecule has 1 fully saturated rings. The fraction of sp³-hybridized carbons (Fsp3) is 0.692. The molecule has 0 spiro atoms. The lowest BCUT2D eigenvalue weighted by Crippen LogP contribution is -2.33. The summed E-state index contributed by atoms with van der Waals surface area (Å²) in [5, 5.41) is 6.74. The smallest absolute Gasteiger partial charge is 0.147 e. The van der Waals surface area contributed by atoms with Crippen LogP contribution in [0.4, 0.5) is 11.6 Å². The van der Waals surface area contributed by atoms with E-state index < -0.39 is 0 Å². The van der Waals surface area contributed by atoms with Gasteiger partial charge in [0.15, 0.2) is 0 Å². The van der Waals surface area contributed by atoms with Gasteiger partial charge in [-0.15, -0.1) is 0 Å². The molecule has 0 aromatic carbocycles. The third kappa shape index (κ3) is 3.32. The number of hydrogen-bond acceptors (Lipinski definition) is 4. The number of nitrogens with zero attached hydrogens (tertiary/aromatic N) is 2. The molecule has 0 aliphatic heterocycles. The molecule has 2 N–H and O–H groups in total. The predicted octanol–water partition coefficient (Wildman–Crippen LogP) is 2.90. The summed E-state index contributed by atoms with van der Waals surface area (Å²) < 4.78 is 0. The summed E-state index contributed by atoms with van der Waals surface area (Å²) in [7, 11) is 0. The van der Waals surface area contributed by atoms with E-state index in [1.807, 2.05) is 0 Å². The van der Waals surface area contributed by atoms with Gasteiger partial charge in [0, 0.05) is 12.1 Å². The minimum atomic E-state index is 0.123. The number of anilines is 2. The van der Waals surface area contributed by atoms with Crippen LogP contribution in [0.2, 0.25) is 0 Å². The van der Waals surface area contributed by atoms with E-state index in [0.717, 1.165) is 30.5 Å². The standard InChI is InChI=1S/C13H22N4/c1-4-7-15-11-8-14-9-12(16-11)17-13(2,3)10-5-6-10/h8-10H,4-7H2,1-3H3,(H2,15,16,17). The van der Waals surface area contributed by atoms with Crippen molar-refractivity contribution in [3.05, 3.63) is 12.4 Å². The van der Waals surface area contributed by atoms with Gasteiger partial charge in [-0.05, 0) is 39.0 Å². The van der Waals surface area contributed by atoms with E-state index in [9.17, 15) is 0 Å². The zero-order chi connectivity index (χ0) is 12.3. The van der Waals surface area contributed by atoms with Gasteiger partial charge in [0.25, 0.3) is 0 Å². The fourth-order valence-electron chi connectivity index (χ4n) is 2.00. The van der Waals surface area contributed by atoms with Gasteiger partial charge in [-0.3, -0.25) is 4.98 Å². The molecule has 1 aliphatic carbocycles. The molecule has 4 nitrogen and oxygen atoms in total. The van der Waals surface area contributed by atoms with Crippen molar-refractivity contribution in [2.24, 2.45) is 5.92 Å². The first kappa shape index (κ1) is 12.1. The average Bonchev–Trinajstić information content (AvgIpc) is 3.10. The summed E-state index contributed by atoms with van der Waals surface area (Å²) in [4.78, 5) is 8.73. The van der Waals surface area contributed by atoms with Crippen LogP contribution in [0.1, 0.15) is 40.0 Å².